The Kier molecular flexibility index (Phi) is 4.25. The molecule has 3 nitrogen and oxygen atoms in total. The molecule has 0 bridgehead atoms. The van der Waals surface area contributed by atoms with Crippen molar-refractivity contribution in [1.29, 1.82) is 0 Å². The lowest BCUT2D eigenvalue weighted by Crippen LogP contribution is -2.36. The van der Waals surface area contributed by atoms with E-state index in [-0.39, 0.29) is 0 Å². The Bertz CT molecular complexity index is 432. The minimum Gasteiger partial charge on any atom is -0.370 e. The summed E-state index contributed by atoms with van der Waals surface area (Å²) in [7, 11) is 0. The smallest absolute Gasteiger partial charge is 0.0598 e. The summed E-state index contributed by atoms with van der Waals surface area (Å²) >= 11 is 0. The first-order chi connectivity index (χ1) is 9.74. The van der Waals surface area contributed by atoms with Crippen molar-refractivity contribution in [2.45, 2.75) is 52.1 Å². The number of aromatic nitrogens is 1. The van der Waals surface area contributed by atoms with Gasteiger partial charge in [0.2, 0.25) is 0 Å². The molecule has 2 heterocycles. The van der Waals surface area contributed by atoms with Gasteiger partial charge >= 0.3 is 0 Å². The lowest BCUT2D eigenvalue weighted by atomic mass is 9.86. The summed E-state index contributed by atoms with van der Waals surface area (Å²) in [6.07, 6.45) is 9.32. The third kappa shape index (κ3) is 3.32. The molecule has 0 amide bonds. The number of anilines is 1. The van der Waals surface area contributed by atoms with Gasteiger partial charge in [-0.3, -0.25) is 4.98 Å². The average Bonchev–Trinajstić information content (AvgIpc) is 3.30. The lowest BCUT2D eigenvalue weighted by Gasteiger charge is -2.36. The molecule has 2 aliphatic rings. The fraction of sp³-hybridized carbons (Fsp3) is 0.706. The molecule has 2 fully saturated rings. The highest BCUT2D eigenvalue weighted by Crippen LogP contribution is 2.29. The second-order valence-corrected chi connectivity index (χ2v) is 6.73. The zero-order valence-electron chi connectivity index (χ0n) is 12.8. The molecule has 1 aromatic heterocycles. The molecule has 110 valence electrons. The summed E-state index contributed by atoms with van der Waals surface area (Å²) in [4.78, 5) is 6.89. The molecule has 3 heteroatoms. The highest BCUT2D eigenvalue weighted by Gasteiger charge is 2.24. The molecule has 1 saturated heterocycles. The number of nitrogens with one attached hydrogen (secondary N) is 1. The van der Waals surface area contributed by atoms with Gasteiger partial charge in [-0.25, -0.2) is 0 Å². The van der Waals surface area contributed by atoms with Gasteiger partial charge in [0.25, 0.3) is 0 Å². The molecule has 0 radical (unpaired) electrons. The first-order valence-electron chi connectivity index (χ1n) is 8.15. The zero-order valence-corrected chi connectivity index (χ0v) is 12.8. The largest absolute Gasteiger partial charge is 0.370 e. The monoisotopic (exact) mass is 273 g/mol. The van der Waals surface area contributed by atoms with E-state index in [0.717, 1.165) is 24.4 Å². The number of nitrogens with zero attached hydrogens (tertiary/aromatic N) is 2. The summed E-state index contributed by atoms with van der Waals surface area (Å²) in [6, 6.07) is 2.95. The first kappa shape index (κ1) is 13.9. The quantitative estimate of drug-likeness (QED) is 0.893. The van der Waals surface area contributed by atoms with Crippen LogP contribution in [-0.4, -0.2) is 24.1 Å². The van der Waals surface area contributed by atoms with Crippen LogP contribution in [0.2, 0.25) is 0 Å². The van der Waals surface area contributed by atoms with Crippen LogP contribution in [0.5, 0.6) is 0 Å². The summed E-state index contributed by atoms with van der Waals surface area (Å²) in [5.74, 6) is 1.72. The fourth-order valence-electron chi connectivity index (χ4n) is 3.20. The second kappa shape index (κ2) is 6.13. The van der Waals surface area contributed by atoms with Gasteiger partial charge in [-0.2, -0.15) is 0 Å². The molecule has 0 atom stereocenters. The molecule has 0 spiro atoms. The van der Waals surface area contributed by atoms with Crippen LogP contribution in [0, 0.1) is 11.8 Å². The molecule has 3 rings (SSSR count). The molecular weight excluding hydrogens is 246 g/mol. The van der Waals surface area contributed by atoms with E-state index in [1.807, 2.05) is 6.20 Å². The number of pyridine rings is 1. The molecule has 1 aromatic rings. The van der Waals surface area contributed by atoms with Crippen molar-refractivity contribution in [2.75, 3.05) is 18.0 Å². The van der Waals surface area contributed by atoms with Crippen LogP contribution in [0.15, 0.2) is 18.5 Å². The number of hydrogen-bond donors (Lipinski definition) is 1. The van der Waals surface area contributed by atoms with Crippen LogP contribution in [0.1, 0.15) is 45.1 Å². The topological polar surface area (TPSA) is 28.2 Å². The minimum atomic E-state index is 0.766. The molecule has 0 aromatic carbocycles. The van der Waals surface area contributed by atoms with E-state index in [1.165, 1.54) is 50.0 Å². The third-order valence-corrected chi connectivity index (χ3v) is 4.87. The Morgan fingerprint density at radius 3 is 2.65 bits per heavy atom. The molecule has 0 unspecified atom stereocenters. The molecule has 1 N–H and O–H groups in total. The van der Waals surface area contributed by atoms with Gasteiger partial charge in [0.15, 0.2) is 0 Å². The van der Waals surface area contributed by atoms with Gasteiger partial charge in [0.05, 0.1) is 11.9 Å². The lowest BCUT2D eigenvalue weighted by molar-refractivity contribution is 0.311. The van der Waals surface area contributed by atoms with Crippen molar-refractivity contribution in [3.05, 3.63) is 24.0 Å². The van der Waals surface area contributed by atoms with Crippen molar-refractivity contribution < 1.29 is 0 Å². The molecular formula is C17H27N3. The third-order valence-electron chi connectivity index (χ3n) is 4.87. The van der Waals surface area contributed by atoms with Gasteiger partial charge in [0, 0.05) is 31.9 Å². The van der Waals surface area contributed by atoms with Crippen molar-refractivity contribution in [1.82, 2.24) is 10.3 Å². The van der Waals surface area contributed by atoms with Crippen molar-refractivity contribution in [3.63, 3.8) is 0 Å². The Morgan fingerprint density at radius 1 is 1.25 bits per heavy atom. The molecule has 1 aliphatic heterocycles. The van der Waals surface area contributed by atoms with E-state index >= 15 is 0 Å². The Balaban J connectivity index is 1.64. The highest BCUT2D eigenvalue weighted by molar-refractivity contribution is 5.52. The average molecular weight is 273 g/mol. The van der Waals surface area contributed by atoms with Crippen LogP contribution in [-0.2, 0) is 6.54 Å². The summed E-state index contributed by atoms with van der Waals surface area (Å²) in [5, 5.41) is 3.62. The van der Waals surface area contributed by atoms with Crippen molar-refractivity contribution in [2.24, 2.45) is 11.8 Å². The predicted molar refractivity (Wildman–Crippen MR) is 83.9 cm³/mol. The van der Waals surface area contributed by atoms with Gasteiger partial charge in [-0.05, 0) is 49.1 Å². The maximum Gasteiger partial charge on any atom is 0.0598 e. The zero-order chi connectivity index (χ0) is 13.9. The van der Waals surface area contributed by atoms with Crippen LogP contribution in [0.4, 0.5) is 5.69 Å². The molecule has 1 aliphatic carbocycles. The SMILES string of the molecule is CC(C)C1CCN(c2cnccc2CNC2CC2)CC1. The fourth-order valence-corrected chi connectivity index (χ4v) is 3.20. The first-order valence-corrected chi connectivity index (χ1v) is 8.15. The van der Waals surface area contributed by atoms with Gasteiger partial charge in [0.1, 0.15) is 0 Å². The van der Waals surface area contributed by atoms with Crippen LogP contribution >= 0.6 is 0 Å². The van der Waals surface area contributed by atoms with Crippen LogP contribution in [0.25, 0.3) is 0 Å². The summed E-state index contributed by atoms with van der Waals surface area (Å²) in [5.41, 5.74) is 2.76. The molecule has 20 heavy (non-hydrogen) atoms. The van der Waals surface area contributed by atoms with Crippen LogP contribution < -0.4 is 10.2 Å². The number of hydrogen-bond acceptors (Lipinski definition) is 3. The van der Waals surface area contributed by atoms with E-state index < -0.39 is 0 Å². The van der Waals surface area contributed by atoms with E-state index in [1.54, 1.807) is 0 Å². The Morgan fingerprint density at radius 2 is 2.00 bits per heavy atom. The van der Waals surface area contributed by atoms with E-state index in [2.05, 4.69) is 41.3 Å². The van der Waals surface area contributed by atoms with Gasteiger partial charge in [-0.15, -0.1) is 0 Å². The number of piperidine rings is 1. The summed E-state index contributed by atoms with van der Waals surface area (Å²) in [6.45, 7) is 8.08. The maximum atomic E-state index is 4.35. The van der Waals surface area contributed by atoms with Gasteiger partial charge < -0.3 is 10.2 Å². The Hall–Kier alpha value is -1.09. The van der Waals surface area contributed by atoms with E-state index in [0.29, 0.717) is 0 Å². The van der Waals surface area contributed by atoms with Crippen molar-refractivity contribution >= 4 is 5.69 Å². The normalized spacial score (nSPS) is 20.6. The van der Waals surface area contributed by atoms with E-state index in [9.17, 15) is 0 Å². The van der Waals surface area contributed by atoms with Crippen LogP contribution in [0.3, 0.4) is 0 Å². The molecule has 1 saturated carbocycles. The Labute approximate surface area is 122 Å². The highest BCUT2D eigenvalue weighted by atomic mass is 15.1. The second-order valence-electron chi connectivity index (χ2n) is 6.73. The van der Waals surface area contributed by atoms with Gasteiger partial charge in [-0.1, -0.05) is 13.8 Å². The summed E-state index contributed by atoms with van der Waals surface area (Å²) < 4.78 is 0. The standard InChI is InChI=1S/C17H27N3/c1-13(2)14-6-9-20(10-7-14)17-12-18-8-5-15(17)11-19-16-3-4-16/h5,8,12-14,16,19H,3-4,6-7,9-11H2,1-2H3. The van der Waals surface area contributed by atoms with E-state index in [4.69, 9.17) is 0 Å². The minimum absolute atomic E-state index is 0.766. The maximum absolute atomic E-state index is 4.35. The predicted octanol–water partition coefficient (Wildman–Crippen LogP) is 3.21. The van der Waals surface area contributed by atoms with Crippen molar-refractivity contribution in [3.8, 4) is 0 Å². The number of rotatable bonds is 5.